The number of amides is 1. The Labute approximate surface area is 306 Å². The number of aliphatic hydroxyl groups excluding tert-OH is 1. The van der Waals surface area contributed by atoms with E-state index in [1.54, 1.807) is 21.1 Å². The largest absolute Gasteiger partial charge is 0.496 e. The number of carbonyl (C=O) groups is 1. The summed E-state index contributed by atoms with van der Waals surface area (Å²) in [5.41, 5.74) is 6.60. The maximum absolute atomic E-state index is 11.5. The molecule has 1 saturated heterocycles. The topological polar surface area (TPSA) is 118 Å². The smallest absolute Gasteiger partial charge is 0.220 e. The number of carbonyl (C=O) groups excluding carboxylic acids is 1. The van der Waals surface area contributed by atoms with Crippen LogP contribution in [0, 0.1) is 0 Å². The van der Waals surface area contributed by atoms with E-state index in [0.717, 1.165) is 45.2 Å². The molecule has 0 radical (unpaired) electrons. The standard InChI is InChI=1S/C38H38Cl3N5O4/c1-21(47)17-42-19-23-16-30(39)36-29(37(23)49-2)12-14-31(45-36)27-8-4-6-25(34(27)40)26-7-5-9-28(35(26)41)32-13-10-22(38(46-32)50-3)18-43-20-24-11-15-33(48)44-24/h4-10,12-14,16,21,24,42-43,47H,11,15,17-20H2,1-3H3,(H,44,48)/t21-,24+/m1/s1. The Balaban J connectivity index is 1.28. The maximum atomic E-state index is 11.5. The number of hydrogen-bond donors (Lipinski definition) is 4. The molecule has 4 N–H and O–H groups in total. The summed E-state index contributed by atoms with van der Waals surface area (Å²) in [6, 6.07) is 21.2. The second-order valence-corrected chi connectivity index (χ2v) is 13.4. The van der Waals surface area contributed by atoms with Crippen LogP contribution in [0.5, 0.6) is 11.6 Å². The normalized spacial score (nSPS) is 14.9. The van der Waals surface area contributed by atoms with E-state index in [2.05, 4.69) is 16.0 Å². The Hall–Kier alpha value is -3.96. The van der Waals surface area contributed by atoms with Crippen LogP contribution >= 0.6 is 34.8 Å². The Kier molecular flexibility index (Phi) is 11.4. The van der Waals surface area contributed by atoms with E-state index in [-0.39, 0.29) is 11.9 Å². The molecular weight excluding hydrogens is 697 g/mol. The van der Waals surface area contributed by atoms with Gasteiger partial charge in [0.05, 0.1) is 52.3 Å². The second kappa shape index (κ2) is 15.9. The molecule has 0 spiro atoms. The van der Waals surface area contributed by atoms with Crippen molar-refractivity contribution in [2.24, 2.45) is 0 Å². The Morgan fingerprint density at radius 1 is 0.860 bits per heavy atom. The van der Waals surface area contributed by atoms with E-state index in [1.165, 1.54) is 0 Å². The number of ether oxygens (including phenoxy) is 2. The molecule has 0 bridgehead atoms. The first kappa shape index (κ1) is 35.9. The minimum Gasteiger partial charge on any atom is -0.496 e. The van der Waals surface area contributed by atoms with Gasteiger partial charge in [-0.05, 0) is 37.6 Å². The number of hydrogen-bond acceptors (Lipinski definition) is 8. The molecule has 0 aliphatic carbocycles. The number of aromatic nitrogens is 2. The average Bonchev–Trinajstić information content (AvgIpc) is 3.53. The first-order chi connectivity index (χ1) is 24.2. The van der Waals surface area contributed by atoms with Crippen LogP contribution < -0.4 is 25.4 Å². The van der Waals surface area contributed by atoms with Crippen molar-refractivity contribution >= 4 is 51.6 Å². The summed E-state index contributed by atoms with van der Waals surface area (Å²) in [7, 11) is 3.21. The van der Waals surface area contributed by atoms with Gasteiger partial charge in [0.2, 0.25) is 11.8 Å². The molecular formula is C38H38Cl3N5O4. The predicted molar refractivity (Wildman–Crippen MR) is 200 cm³/mol. The van der Waals surface area contributed by atoms with Crippen molar-refractivity contribution in [2.75, 3.05) is 27.3 Å². The molecule has 0 unspecified atom stereocenters. The summed E-state index contributed by atoms with van der Waals surface area (Å²) < 4.78 is 11.4. The van der Waals surface area contributed by atoms with Crippen LogP contribution in [0.1, 0.15) is 30.9 Å². The number of pyridine rings is 2. The summed E-state index contributed by atoms with van der Waals surface area (Å²) in [6.45, 7) is 3.86. The highest BCUT2D eigenvalue weighted by Crippen LogP contribution is 2.43. The van der Waals surface area contributed by atoms with E-state index in [4.69, 9.17) is 54.2 Å². The lowest BCUT2D eigenvalue weighted by Crippen LogP contribution is -2.35. The van der Waals surface area contributed by atoms with Crippen LogP contribution in [0.4, 0.5) is 0 Å². The van der Waals surface area contributed by atoms with Gasteiger partial charge in [-0.3, -0.25) is 4.79 Å². The third kappa shape index (κ3) is 7.68. The van der Waals surface area contributed by atoms with Gasteiger partial charge in [0.1, 0.15) is 5.75 Å². The number of nitrogens with one attached hydrogen (secondary N) is 3. The zero-order valence-corrected chi connectivity index (χ0v) is 30.2. The molecule has 0 saturated carbocycles. The molecule has 2 aromatic heterocycles. The van der Waals surface area contributed by atoms with E-state index in [9.17, 15) is 9.90 Å². The minimum absolute atomic E-state index is 0.0947. The van der Waals surface area contributed by atoms with Crippen LogP contribution in [0.2, 0.25) is 15.1 Å². The molecule has 2 atom stereocenters. The fraction of sp³-hybridized carbons (Fsp3) is 0.289. The number of aliphatic hydroxyl groups is 1. The van der Waals surface area contributed by atoms with Crippen molar-refractivity contribution < 1.29 is 19.4 Å². The lowest BCUT2D eigenvalue weighted by molar-refractivity contribution is -0.119. The summed E-state index contributed by atoms with van der Waals surface area (Å²) in [5, 5.41) is 21.5. The average molecular weight is 735 g/mol. The summed E-state index contributed by atoms with van der Waals surface area (Å²) >= 11 is 21.0. The van der Waals surface area contributed by atoms with Crippen molar-refractivity contribution in [3.8, 4) is 45.3 Å². The highest BCUT2D eigenvalue weighted by Gasteiger charge is 2.21. The molecule has 6 rings (SSSR count). The summed E-state index contributed by atoms with van der Waals surface area (Å²) in [6.07, 6.45) is 0.924. The number of nitrogens with zero attached hydrogens (tertiary/aromatic N) is 2. The van der Waals surface area contributed by atoms with Gasteiger partial charge in [0.25, 0.3) is 0 Å². The third-order valence-electron chi connectivity index (χ3n) is 8.68. The quantitative estimate of drug-likeness (QED) is 0.0987. The van der Waals surface area contributed by atoms with Crippen molar-refractivity contribution in [1.82, 2.24) is 25.9 Å². The molecule has 1 amide bonds. The highest BCUT2D eigenvalue weighted by atomic mass is 35.5. The van der Waals surface area contributed by atoms with Gasteiger partial charge in [-0.25, -0.2) is 9.97 Å². The summed E-state index contributed by atoms with van der Waals surface area (Å²) in [4.78, 5) is 21.2. The number of fused-ring (bicyclic) bond motifs is 1. The highest BCUT2D eigenvalue weighted by molar-refractivity contribution is 6.39. The molecule has 12 heteroatoms. The number of halogens is 3. The van der Waals surface area contributed by atoms with E-state index in [0.29, 0.717) is 76.2 Å². The molecule has 3 aromatic carbocycles. The number of benzene rings is 3. The van der Waals surface area contributed by atoms with Crippen LogP contribution in [-0.2, 0) is 17.9 Å². The van der Waals surface area contributed by atoms with Crippen molar-refractivity contribution in [3.05, 3.63) is 92.9 Å². The van der Waals surface area contributed by atoms with E-state index < -0.39 is 6.10 Å². The van der Waals surface area contributed by atoms with Gasteiger partial charge in [0.15, 0.2) is 0 Å². The number of methoxy groups -OCH3 is 2. The monoisotopic (exact) mass is 733 g/mol. The maximum Gasteiger partial charge on any atom is 0.220 e. The van der Waals surface area contributed by atoms with Crippen molar-refractivity contribution in [3.63, 3.8) is 0 Å². The molecule has 1 fully saturated rings. The van der Waals surface area contributed by atoms with E-state index in [1.807, 2.05) is 66.7 Å². The fourth-order valence-electron chi connectivity index (χ4n) is 6.24. The lowest BCUT2D eigenvalue weighted by atomic mass is 9.97. The Morgan fingerprint density at radius 2 is 1.50 bits per heavy atom. The van der Waals surface area contributed by atoms with Gasteiger partial charge in [-0.2, -0.15) is 0 Å². The third-order valence-corrected chi connectivity index (χ3v) is 9.78. The molecule has 9 nitrogen and oxygen atoms in total. The minimum atomic E-state index is -0.474. The second-order valence-electron chi connectivity index (χ2n) is 12.3. The summed E-state index contributed by atoms with van der Waals surface area (Å²) in [5.74, 6) is 1.25. The lowest BCUT2D eigenvalue weighted by Gasteiger charge is -2.16. The van der Waals surface area contributed by atoms with Crippen molar-refractivity contribution in [2.45, 2.75) is 45.0 Å². The van der Waals surface area contributed by atoms with Gasteiger partial charge < -0.3 is 30.5 Å². The Bertz CT molecular complexity index is 2040. The molecule has 1 aliphatic rings. The predicted octanol–water partition coefficient (Wildman–Crippen LogP) is 7.45. The Morgan fingerprint density at radius 3 is 2.12 bits per heavy atom. The SMILES string of the molecule is COc1nc(-c2cccc(-c3cccc(-c4ccc5c(OC)c(CNC[C@@H](C)O)cc(Cl)c5n4)c3Cl)c2Cl)ccc1CNC[C@@H]1CCC(=O)N1. The van der Waals surface area contributed by atoms with E-state index >= 15 is 0 Å². The van der Waals surface area contributed by atoms with Gasteiger partial charge in [0, 0.05) is 77.4 Å². The zero-order chi connectivity index (χ0) is 35.4. The zero-order valence-electron chi connectivity index (χ0n) is 27.9. The first-order valence-electron chi connectivity index (χ1n) is 16.4. The van der Waals surface area contributed by atoms with Crippen molar-refractivity contribution in [1.29, 1.82) is 0 Å². The van der Waals surface area contributed by atoms with Gasteiger partial charge in [-0.1, -0.05) is 77.3 Å². The first-order valence-corrected chi connectivity index (χ1v) is 17.5. The molecule has 1 aliphatic heterocycles. The van der Waals surface area contributed by atoms with Crippen LogP contribution in [0.25, 0.3) is 44.5 Å². The van der Waals surface area contributed by atoms with Gasteiger partial charge >= 0.3 is 0 Å². The molecule has 3 heterocycles. The van der Waals surface area contributed by atoms with Crippen LogP contribution in [0.3, 0.4) is 0 Å². The number of rotatable bonds is 13. The molecule has 5 aromatic rings. The fourth-order valence-corrected chi connectivity index (χ4v) is 7.17. The van der Waals surface area contributed by atoms with Crippen LogP contribution in [-0.4, -0.2) is 60.4 Å². The molecule has 260 valence electrons. The van der Waals surface area contributed by atoms with Gasteiger partial charge in [-0.15, -0.1) is 0 Å². The van der Waals surface area contributed by atoms with Crippen LogP contribution in [0.15, 0.2) is 66.7 Å². The molecule has 50 heavy (non-hydrogen) atoms.